The lowest BCUT2D eigenvalue weighted by molar-refractivity contribution is -0.212. The van der Waals surface area contributed by atoms with Crippen molar-refractivity contribution >= 4 is 0 Å². The van der Waals surface area contributed by atoms with Crippen LogP contribution in [0.3, 0.4) is 0 Å². The Morgan fingerprint density at radius 3 is 2.00 bits per heavy atom. The highest BCUT2D eigenvalue weighted by Crippen LogP contribution is 2.30. The van der Waals surface area contributed by atoms with Gasteiger partial charge in [0.05, 0.1) is 6.61 Å². The first kappa shape index (κ1) is 10.8. The third kappa shape index (κ3) is 2.57. The zero-order chi connectivity index (χ0) is 10.3. The first-order chi connectivity index (χ1) is 5.71. The molecule has 0 aromatic carbocycles. The van der Waals surface area contributed by atoms with E-state index >= 15 is 0 Å². The van der Waals surface area contributed by atoms with Gasteiger partial charge in [-0.1, -0.05) is 20.8 Å². The van der Waals surface area contributed by atoms with E-state index in [1.807, 2.05) is 20.8 Å². The fourth-order valence-electron chi connectivity index (χ4n) is 1.16. The lowest BCUT2D eigenvalue weighted by Gasteiger charge is -2.26. The first-order valence-corrected chi connectivity index (χ1v) is 4.15. The number of hydrogen-bond donors (Lipinski definition) is 1. The van der Waals surface area contributed by atoms with Crippen LogP contribution in [0.15, 0.2) is 0 Å². The molecule has 5 heteroatoms. The Labute approximate surface area is 75.4 Å². The Morgan fingerprint density at radius 1 is 1.23 bits per heavy atom. The number of halogens is 3. The van der Waals surface area contributed by atoms with Crippen LogP contribution in [-0.4, -0.2) is 25.1 Å². The molecule has 0 bridgehead atoms. The van der Waals surface area contributed by atoms with Gasteiger partial charge in [0.2, 0.25) is 6.23 Å². The molecule has 0 radical (unpaired) electrons. The number of hydrogen-bond acceptors (Lipinski definition) is 2. The molecule has 1 rings (SSSR count). The Hall–Kier alpha value is -0.290. The van der Waals surface area contributed by atoms with E-state index in [-0.39, 0.29) is 18.1 Å². The van der Waals surface area contributed by atoms with Gasteiger partial charge in [-0.15, -0.1) is 0 Å². The average Bonchev–Trinajstić information content (AvgIpc) is 2.28. The van der Waals surface area contributed by atoms with E-state index < -0.39 is 12.4 Å². The highest BCUT2D eigenvalue weighted by atomic mass is 19.4. The SMILES string of the molecule is CC(C)(C)[C@H]1COC(C(F)(F)F)N1. The third-order valence-corrected chi connectivity index (χ3v) is 2.12. The highest BCUT2D eigenvalue weighted by Gasteiger charge is 2.47. The predicted molar refractivity (Wildman–Crippen MR) is 42.2 cm³/mol. The summed E-state index contributed by atoms with van der Waals surface area (Å²) in [4.78, 5) is 0. The number of ether oxygens (including phenoxy) is 1. The van der Waals surface area contributed by atoms with Crippen LogP contribution < -0.4 is 5.32 Å². The van der Waals surface area contributed by atoms with E-state index in [4.69, 9.17) is 0 Å². The summed E-state index contributed by atoms with van der Waals surface area (Å²) in [5, 5.41) is 2.42. The molecule has 1 fully saturated rings. The molecule has 0 spiro atoms. The van der Waals surface area contributed by atoms with Crippen LogP contribution in [0.4, 0.5) is 13.2 Å². The molecule has 1 N–H and O–H groups in total. The molecule has 1 heterocycles. The minimum atomic E-state index is -4.31. The van der Waals surface area contributed by atoms with Crippen molar-refractivity contribution in [2.24, 2.45) is 5.41 Å². The number of rotatable bonds is 0. The van der Waals surface area contributed by atoms with Gasteiger partial charge in [-0.3, -0.25) is 5.32 Å². The number of nitrogens with one attached hydrogen (secondary N) is 1. The van der Waals surface area contributed by atoms with Gasteiger partial charge in [-0.25, -0.2) is 0 Å². The quantitative estimate of drug-likeness (QED) is 0.640. The minimum absolute atomic E-state index is 0.119. The third-order valence-electron chi connectivity index (χ3n) is 2.12. The summed E-state index contributed by atoms with van der Waals surface area (Å²) in [6, 6.07) is -0.237. The fourth-order valence-corrected chi connectivity index (χ4v) is 1.16. The molecular formula is C8H14F3NO. The van der Waals surface area contributed by atoms with Crippen LogP contribution in [0.2, 0.25) is 0 Å². The monoisotopic (exact) mass is 197 g/mol. The van der Waals surface area contributed by atoms with Crippen molar-refractivity contribution in [3.05, 3.63) is 0 Å². The maximum absolute atomic E-state index is 12.1. The van der Waals surface area contributed by atoms with E-state index in [2.05, 4.69) is 10.1 Å². The van der Waals surface area contributed by atoms with Crippen LogP contribution in [0.5, 0.6) is 0 Å². The van der Waals surface area contributed by atoms with Crippen molar-refractivity contribution in [1.82, 2.24) is 5.32 Å². The maximum atomic E-state index is 12.1. The molecule has 78 valence electrons. The van der Waals surface area contributed by atoms with Gasteiger partial charge in [-0.05, 0) is 5.41 Å². The molecule has 2 nitrogen and oxygen atoms in total. The highest BCUT2D eigenvalue weighted by molar-refractivity contribution is 4.87. The lowest BCUT2D eigenvalue weighted by Crippen LogP contribution is -2.45. The van der Waals surface area contributed by atoms with Gasteiger partial charge in [0, 0.05) is 6.04 Å². The minimum Gasteiger partial charge on any atom is -0.352 e. The molecule has 13 heavy (non-hydrogen) atoms. The second-order valence-electron chi connectivity index (χ2n) is 4.34. The molecule has 0 aromatic heterocycles. The van der Waals surface area contributed by atoms with Crippen LogP contribution in [0.1, 0.15) is 20.8 Å². The zero-order valence-corrected chi connectivity index (χ0v) is 7.90. The fraction of sp³-hybridized carbons (Fsp3) is 1.00. The molecule has 0 amide bonds. The number of alkyl halides is 3. The molecule has 0 aromatic rings. The van der Waals surface area contributed by atoms with Crippen molar-refractivity contribution in [2.45, 2.75) is 39.2 Å². The standard InChI is InChI=1S/C8H14F3NO/c1-7(2,3)5-4-13-6(12-5)8(9,10)11/h5-6,12H,4H2,1-3H3/t5-,6?/m1/s1. The second kappa shape index (κ2) is 3.13. The van der Waals surface area contributed by atoms with Crippen LogP contribution in [0, 0.1) is 5.41 Å². The van der Waals surface area contributed by atoms with E-state index in [1.165, 1.54) is 0 Å². The van der Waals surface area contributed by atoms with Crippen LogP contribution >= 0.6 is 0 Å². The largest absolute Gasteiger partial charge is 0.428 e. The van der Waals surface area contributed by atoms with Crippen molar-refractivity contribution in [1.29, 1.82) is 0 Å². The van der Waals surface area contributed by atoms with Crippen molar-refractivity contribution < 1.29 is 17.9 Å². The summed E-state index contributed by atoms with van der Waals surface area (Å²) < 4.78 is 41.0. The van der Waals surface area contributed by atoms with E-state index in [1.54, 1.807) is 0 Å². The summed E-state index contributed by atoms with van der Waals surface area (Å²) in [6.45, 7) is 5.76. The Bertz CT molecular complexity index is 165. The van der Waals surface area contributed by atoms with E-state index in [0.29, 0.717) is 0 Å². The molecule has 0 saturated carbocycles. The van der Waals surface area contributed by atoms with Gasteiger partial charge < -0.3 is 4.74 Å². The maximum Gasteiger partial charge on any atom is 0.428 e. The zero-order valence-electron chi connectivity index (χ0n) is 7.90. The first-order valence-electron chi connectivity index (χ1n) is 4.15. The Morgan fingerprint density at radius 2 is 1.77 bits per heavy atom. The Balaban J connectivity index is 2.55. The normalized spacial score (nSPS) is 30.9. The molecule has 1 aliphatic rings. The lowest BCUT2D eigenvalue weighted by atomic mass is 9.88. The van der Waals surface area contributed by atoms with Crippen molar-refractivity contribution in [2.75, 3.05) is 6.61 Å². The van der Waals surface area contributed by atoms with Crippen LogP contribution in [0.25, 0.3) is 0 Å². The van der Waals surface area contributed by atoms with Crippen molar-refractivity contribution in [3.8, 4) is 0 Å². The molecule has 1 aliphatic heterocycles. The van der Waals surface area contributed by atoms with Crippen LogP contribution in [-0.2, 0) is 4.74 Å². The van der Waals surface area contributed by atoms with Crippen molar-refractivity contribution in [3.63, 3.8) is 0 Å². The summed E-state index contributed by atoms with van der Waals surface area (Å²) in [7, 11) is 0. The second-order valence-corrected chi connectivity index (χ2v) is 4.34. The van der Waals surface area contributed by atoms with Gasteiger partial charge in [0.25, 0.3) is 0 Å². The van der Waals surface area contributed by atoms with Gasteiger partial charge in [-0.2, -0.15) is 13.2 Å². The summed E-state index contributed by atoms with van der Waals surface area (Å²) in [5.41, 5.74) is -0.208. The van der Waals surface area contributed by atoms with E-state index in [9.17, 15) is 13.2 Å². The Kier molecular flexibility index (Phi) is 2.60. The topological polar surface area (TPSA) is 21.3 Å². The van der Waals surface area contributed by atoms with E-state index in [0.717, 1.165) is 0 Å². The van der Waals surface area contributed by atoms with Gasteiger partial charge in [0.1, 0.15) is 0 Å². The molecule has 1 unspecified atom stereocenters. The molecule has 0 aliphatic carbocycles. The molecule has 2 atom stereocenters. The van der Waals surface area contributed by atoms with Gasteiger partial charge in [0.15, 0.2) is 0 Å². The smallest absolute Gasteiger partial charge is 0.352 e. The molecule has 1 saturated heterocycles. The summed E-state index contributed by atoms with van der Waals surface area (Å²) in [6.07, 6.45) is -6.10. The summed E-state index contributed by atoms with van der Waals surface area (Å²) >= 11 is 0. The molecular weight excluding hydrogens is 183 g/mol. The average molecular weight is 197 g/mol. The van der Waals surface area contributed by atoms with Gasteiger partial charge >= 0.3 is 6.18 Å². The predicted octanol–water partition coefficient (Wildman–Crippen LogP) is 1.91. The summed E-state index contributed by atoms with van der Waals surface area (Å²) in [5.74, 6) is 0.